The molecule has 0 saturated carbocycles. The van der Waals surface area contributed by atoms with Gasteiger partial charge < -0.3 is 5.32 Å². The number of amides is 1. The summed E-state index contributed by atoms with van der Waals surface area (Å²) in [6.07, 6.45) is -2.98. The number of anilines is 1. The molecule has 0 bridgehead atoms. The number of benzene rings is 1. The number of hydrogen-bond acceptors (Lipinski definition) is 2. The Bertz CT molecular complexity index is 604. The zero-order valence-electron chi connectivity index (χ0n) is 9.88. The zero-order valence-corrected chi connectivity index (χ0v) is 9.88. The molecule has 0 unspecified atom stereocenters. The molecule has 0 aliphatic carbocycles. The molecule has 0 radical (unpaired) electrons. The summed E-state index contributed by atoms with van der Waals surface area (Å²) < 4.78 is 37.5. The molecule has 0 saturated heterocycles. The van der Waals surface area contributed by atoms with Crippen molar-refractivity contribution in [3.63, 3.8) is 0 Å². The van der Waals surface area contributed by atoms with E-state index in [1.165, 1.54) is 18.3 Å². The van der Waals surface area contributed by atoms with Crippen molar-refractivity contribution in [2.24, 2.45) is 0 Å². The molecule has 4 nitrogen and oxygen atoms in total. The highest BCUT2D eigenvalue weighted by Crippen LogP contribution is 2.30. The standard InChI is InChI=1S/C12H10F3N3O/c1-7-6-16-18-10(7)11(19)17-9-4-2-3-8(5-9)12(13,14)15/h2-6H,1H3,(H,16,18)(H,17,19). The molecule has 0 atom stereocenters. The number of halogens is 3. The second kappa shape index (κ2) is 4.75. The lowest BCUT2D eigenvalue weighted by Crippen LogP contribution is -2.14. The average molecular weight is 269 g/mol. The van der Waals surface area contributed by atoms with E-state index in [-0.39, 0.29) is 11.4 Å². The lowest BCUT2D eigenvalue weighted by Gasteiger charge is -2.09. The van der Waals surface area contributed by atoms with Gasteiger partial charge in [-0.05, 0) is 30.7 Å². The van der Waals surface area contributed by atoms with Crippen LogP contribution in [-0.4, -0.2) is 16.1 Å². The first-order valence-corrected chi connectivity index (χ1v) is 5.36. The van der Waals surface area contributed by atoms with Crippen LogP contribution in [0.5, 0.6) is 0 Å². The third kappa shape index (κ3) is 2.93. The molecular weight excluding hydrogens is 259 g/mol. The Morgan fingerprint density at radius 3 is 2.68 bits per heavy atom. The molecule has 1 aromatic carbocycles. The lowest BCUT2D eigenvalue weighted by atomic mass is 10.2. The van der Waals surface area contributed by atoms with Gasteiger partial charge in [-0.25, -0.2) is 0 Å². The van der Waals surface area contributed by atoms with Crippen molar-refractivity contribution in [2.45, 2.75) is 13.1 Å². The van der Waals surface area contributed by atoms with Gasteiger partial charge in [-0.1, -0.05) is 6.07 Å². The van der Waals surface area contributed by atoms with Crippen molar-refractivity contribution in [1.29, 1.82) is 0 Å². The van der Waals surface area contributed by atoms with Crippen molar-refractivity contribution >= 4 is 11.6 Å². The Morgan fingerprint density at radius 2 is 2.11 bits per heavy atom. The van der Waals surface area contributed by atoms with Crippen molar-refractivity contribution in [3.05, 3.63) is 47.3 Å². The van der Waals surface area contributed by atoms with Crippen LogP contribution in [-0.2, 0) is 6.18 Å². The maximum absolute atomic E-state index is 12.5. The molecule has 1 aromatic heterocycles. The van der Waals surface area contributed by atoms with Crippen LogP contribution in [0.25, 0.3) is 0 Å². The number of aryl methyl sites for hydroxylation is 1. The van der Waals surface area contributed by atoms with Gasteiger partial charge in [0.1, 0.15) is 5.69 Å². The number of aromatic amines is 1. The van der Waals surface area contributed by atoms with Crippen LogP contribution in [0.1, 0.15) is 21.6 Å². The van der Waals surface area contributed by atoms with E-state index in [1.807, 2.05) is 0 Å². The van der Waals surface area contributed by atoms with Gasteiger partial charge in [0.15, 0.2) is 0 Å². The fourth-order valence-corrected chi connectivity index (χ4v) is 1.54. The van der Waals surface area contributed by atoms with Crippen molar-refractivity contribution in [1.82, 2.24) is 10.2 Å². The molecule has 0 spiro atoms. The Kier molecular flexibility index (Phi) is 3.28. The van der Waals surface area contributed by atoms with Gasteiger partial charge in [-0.3, -0.25) is 9.89 Å². The first-order valence-electron chi connectivity index (χ1n) is 5.36. The molecule has 19 heavy (non-hydrogen) atoms. The molecule has 1 heterocycles. The highest BCUT2D eigenvalue weighted by atomic mass is 19.4. The molecule has 0 fully saturated rings. The average Bonchev–Trinajstić information content (AvgIpc) is 2.75. The summed E-state index contributed by atoms with van der Waals surface area (Å²) in [5, 5.41) is 8.55. The molecule has 0 aliphatic heterocycles. The fourth-order valence-electron chi connectivity index (χ4n) is 1.54. The second-order valence-electron chi connectivity index (χ2n) is 3.96. The maximum atomic E-state index is 12.5. The van der Waals surface area contributed by atoms with Crippen LogP contribution < -0.4 is 5.32 Å². The van der Waals surface area contributed by atoms with E-state index >= 15 is 0 Å². The summed E-state index contributed by atoms with van der Waals surface area (Å²) in [6, 6.07) is 4.44. The van der Waals surface area contributed by atoms with Gasteiger partial charge in [0.25, 0.3) is 5.91 Å². The van der Waals surface area contributed by atoms with Crippen LogP contribution in [0, 0.1) is 6.92 Å². The second-order valence-corrected chi connectivity index (χ2v) is 3.96. The Balaban J connectivity index is 2.21. The van der Waals surface area contributed by atoms with Gasteiger partial charge in [-0.2, -0.15) is 18.3 Å². The van der Waals surface area contributed by atoms with E-state index in [4.69, 9.17) is 0 Å². The van der Waals surface area contributed by atoms with Crippen LogP contribution in [0.2, 0.25) is 0 Å². The zero-order chi connectivity index (χ0) is 14.0. The predicted molar refractivity (Wildman–Crippen MR) is 62.7 cm³/mol. The third-order valence-electron chi connectivity index (χ3n) is 2.50. The number of alkyl halides is 3. The van der Waals surface area contributed by atoms with Crippen molar-refractivity contribution in [3.8, 4) is 0 Å². The summed E-state index contributed by atoms with van der Waals surface area (Å²) in [5.74, 6) is -0.533. The first-order chi connectivity index (χ1) is 8.88. The largest absolute Gasteiger partial charge is 0.416 e. The van der Waals surface area contributed by atoms with Gasteiger partial charge >= 0.3 is 6.18 Å². The van der Waals surface area contributed by atoms with Gasteiger partial charge in [-0.15, -0.1) is 0 Å². The highest BCUT2D eigenvalue weighted by Gasteiger charge is 2.30. The Hall–Kier alpha value is -2.31. The van der Waals surface area contributed by atoms with Gasteiger partial charge in [0, 0.05) is 5.69 Å². The predicted octanol–water partition coefficient (Wildman–Crippen LogP) is 2.99. The number of aromatic nitrogens is 2. The van der Waals surface area contributed by atoms with E-state index in [9.17, 15) is 18.0 Å². The number of nitrogens with zero attached hydrogens (tertiary/aromatic N) is 1. The monoisotopic (exact) mass is 269 g/mol. The molecule has 2 N–H and O–H groups in total. The molecule has 100 valence electrons. The number of hydrogen-bond donors (Lipinski definition) is 2. The van der Waals surface area contributed by atoms with E-state index in [0.29, 0.717) is 5.56 Å². The fraction of sp³-hybridized carbons (Fsp3) is 0.167. The topological polar surface area (TPSA) is 57.8 Å². The molecule has 2 aromatic rings. The number of carbonyl (C=O) groups excluding carboxylic acids is 1. The third-order valence-corrected chi connectivity index (χ3v) is 2.50. The van der Waals surface area contributed by atoms with Crippen LogP contribution in [0.4, 0.5) is 18.9 Å². The van der Waals surface area contributed by atoms with Crippen molar-refractivity contribution < 1.29 is 18.0 Å². The van der Waals surface area contributed by atoms with Gasteiger partial charge in [0.2, 0.25) is 0 Å². The molecular formula is C12H10F3N3O. The minimum atomic E-state index is -4.44. The Morgan fingerprint density at radius 1 is 1.37 bits per heavy atom. The first kappa shape index (κ1) is 13.1. The highest BCUT2D eigenvalue weighted by molar-refractivity contribution is 6.03. The molecule has 1 amide bonds. The number of carbonyl (C=O) groups is 1. The van der Waals surface area contributed by atoms with E-state index < -0.39 is 17.6 Å². The summed E-state index contributed by atoms with van der Waals surface area (Å²) >= 11 is 0. The van der Waals surface area contributed by atoms with E-state index in [0.717, 1.165) is 12.1 Å². The number of H-pyrrole nitrogens is 1. The molecule has 7 heteroatoms. The van der Waals surface area contributed by atoms with E-state index in [1.54, 1.807) is 6.92 Å². The Labute approximate surface area is 106 Å². The SMILES string of the molecule is Cc1cn[nH]c1C(=O)Nc1cccc(C(F)(F)F)c1. The smallest absolute Gasteiger partial charge is 0.321 e. The lowest BCUT2D eigenvalue weighted by molar-refractivity contribution is -0.137. The van der Waals surface area contributed by atoms with Crippen molar-refractivity contribution in [2.75, 3.05) is 5.32 Å². The van der Waals surface area contributed by atoms with Gasteiger partial charge in [0.05, 0.1) is 11.8 Å². The number of nitrogens with one attached hydrogen (secondary N) is 2. The molecule has 0 aliphatic rings. The molecule has 2 rings (SSSR count). The van der Waals surface area contributed by atoms with E-state index in [2.05, 4.69) is 15.5 Å². The quantitative estimate of drug-likeness (QED) is 0.880. The summed E-state index contributed by atoms with van der Waals surface area (Å²) in [4.78, 5) is 11.8. The number of rotatable bonds is 2. The summed E-state index contributed by atoms with van der Waals surface area (Å²) in [6.45, 7) is 1.67. The summed E-state index contributed by atoms with van der Waals surface area (Å²) in [5.41, 5.74) is 0.0994. The summed E-state index contributed by atoms with van der Waals surface area (Å²) in [7, 11) is 0. The van der Waals surface area contributed by atoms with Crippen LogP contribution in [0.15, 0.2) is 30.5 Å². The van der Waals surface area contributed by atoms with Crippen LogP contribution >= 0.6 is 0 Å². The maximum Gasteiger partial charge on any atom is 0.416 e. The minimum Gasteiger partial charge on any atom is -0.321 e. The van der Waals surface area contributed by atoms with Crippen LogP contribution in [0.3, 0.4) is 0 Å². The normalized spacial score (nSPS) is 11.4. The minimum absolute atomic E-state index is 0.0776.